The Labute approximate surface area is 59.0 Å². The first-order valence-electron chi connectivity index (χ1n) is 3.32. The highest BCUT2D eigenvalue weighted by atomic mass is 19.3. The molecule has 0 amide bonds. The Morgan fingerprint density at radius 1 is 1.70 bits per heavy atom. The highest BCUT2D eigenvalue weighted by Gasteiger charge is 2.45. The van der Waals surface area contributed by atoms with Gasteiger partial charge in [0.2, 0.25) is 0 Å². The number of alkyl halides is 2. The Kier molecular flexibility index (Phi) is 1.92. The second-order valence-electron chi connectivity index (χ2n) is 2.89. The van der Waals surface area contributed by atoms with Crippen LogP contribution in [-0.4, -0.2) is 37.5 Å². The number of hydrogen-bond acceptors (Lipinski definition) is 2. The third-order valence-corrected chi connectivity index (χ3v) is 1.89. The van der Waals surface area contributed by atoms with Crippen molar-refractivity contribution < 1.29 is 8.78 Å². The molecular formula is C6H12F2N2. The van der Waals surface area contributed by atoms with Crippen molar-refractivity contribution >= 4 is 0 Å². The normalized spacial score (nSPS) is 33.0. The van der Waals surface area contributed by atoms with Crippen LogP contribution in [0.1, 0.15) is 0 Å². The molecule has 1 atom stereocenters. The van der Waals surface area contributed by atoms with Crippen molar-refractivity contribution in [1.82, 2.24) is 4.90 Å². The minimum Gasteiger partial charge on any atom is -0.330 e. The van der Waals surface area contributed by atoms with Crippen molar-refractivity contribution in [1.29, 1.82) is 0 Å². The molecule has 0 bridgehead atoms. The molecule has 1 rings (SSSR count). The van der Waals surface area contributed by atoms with E-state index in [9.17, 15) is 8.78 Å². The Morgan fingerprint density at radius 2 is 2.30 bits per heavy atom. The fourth-order valence-corrected chi connectivity index (χ4v) is 1.31. The summed E-state index contributed by atoms with van der Waals surface area (Å²) in [5, 5.41) is 0. The topological polar surface area (TPSA) is 29.3 Å². The van der Waals surface area contributed by atoms with E-state index in [1.165, 1.54) is 0 Å². The van der Waals surface area contributed by atoms with Crippen molar-refractivity contribution in [2.75, 3.05) is 26.7 Å². The quantitative estimate of drug-likeness (QED) is 0.576. The molecule has 0 saturated carbocycles. The molecule has 4 heteroatoms. The highest BCUT2D eigenvalue weighted by Crippen LogP contribution is 2.30. The number of halogens is 2. The van der Waals surface area contributed by atoms with E-state index in [-0.39, 0.29) is 13.1 Å². The number of nitrogens with zero attached hydrogens (tertiary/aromatic N) is 1. The number of nitrogens with two attached hydrogens (primary N) is 1. The van der Waals surface area contributed by atoms with Crippen LogP contribution in [0.15, 0.2) is 0 Å². The lowest BCUT2D eigenvalue weighted by Crippen LogP contribution is -2.32. The van der Waals surface area contributed by atoms with Gasteiger partial charge in [0.1, 0.15) is 0 Å². The molecule has 1 heterocycles. The van der Waals surface area contributed by atoms with E-state index in [1.807, 2.05) is 0 Å². The van der Waals surface area contributed by atoms with Crippen molar-refractivity contribution in [3.8, 4) is 0 Å². The van der Waals surface area contributed by atoms with Gasteiger partial charge < -0.3 is 10.6 Å². The van der Waals surface area contributed by atoms with Gasteiger partial charge in [0.25, 0.3) is 5.92 Å². The van der Waals surface area contributed by atoms with E-state index in [0.29, 0.717) is 6.54 Å². The monoisotopic (exact) mass is 150 g/mol. The highest BCUT2D eigenvalue weighted by molar-refractivity contribution is 4.89. The standard InChI is InChI=1S/C6H12F2N2/c1-10-3-5(2-9)6(7,8)4-10/h5H,2-4,9H2,1H3. The number of rotatable bonds is 1. The molecule has 1 aliphatic heterocycles. The molecule has 0 aliphatic carbocycles. The van der Waals surface area contributed by atoms with E-state index >= 15 is 0 Å². The minimum absolute atomic E-state index is 0.0807. The maximum atomic E-state index is 12.7. The molecular weight excluding hydrogens is 138 g/mol. The summed E-state index contributed by atoms with van der Waals surface area (Å²) in [6, 6.07) is 0. The fourth-order valence-electron chi connectivity index (χ4n) is 1.31. The van der Waals surface area contributed by atoms with Crippen molar-refractivity contribution in [2.24, 2.45) is 11.7 Å². The molecule has 60 valence electrons. The predicted molar refractivity (Wildman–Crippen MR) is 35.0 cm³/mol. The van der Waals surface area contributed by atoms with Gasteiger partial charge in [-0.15, -0.1) is 0 Å². The first-order valence-corrected chi connectivity index (χ1v) is 3.32. The Bertz CT molecular complexity index is 127. The summed E-state index contributed by atoms with van der Waals surface area (Å²) >= 11 is 0. The molecule has 0 spiro atoms. The zero-order valence-corrected chi connectivity index (χ0v) is 5.98. The average Bonchev–Trinajstić information content (AvgIpc) is 2.04. The maximum absolute atomic E-state index is 12.7. The molecule has 2 N–H and O–H groups in total. The van der Waals surface area contributed by atoms with Crippen molar-refractivity contribution in [3.63, 3.8) is 0 Å². The zero-order chi connectivity index (χ0) is 7.78. The maximum Gasteiger partial charge on any atom is 0.265 e. The summed E-state index contributed by atoms with van der Waals surface area (Å²) in [6.45, 7) is 0.357. The van der Waals surface area contributed by atoms with Crippen LogP contribution >= 0.6 is 0 Å². The SMILES string of the molecule is CN1CC(CN)C(F)(F)C1. The predicted octanol–water partition coefficient (Wildman–Crippen LogP) is 0.142. The lowest BCUT2D eigenvalue weighted by Gasteiger charge is -2.14. The molecule has 0 aromatic carbocycles. The van der Waals surface area contributed by atoms with Crippen molar-refractivity contribution in [2.45, 2.75) is 5.92 Å². The summed E-state index contributed by atoms with van der Waals surface area (Å²) in [7, 11) is 1.68. The Hall–Kier alpha value is -0.220. The summed E-state index contributed by atoms with van der Waals surface area (Å²) in [5.41, 5.74) is 5.16. The lowest BCUT2D eigenvalue weighted by atomic mass is 10.1. The van der Waals surface area contributed by atoms with Crippen LogP contribution in [0.25, 0.3) is 0 Å². The largest absolute Gasteiger partial charge is 0.330 e. The van der Waals surface area contributed by atoms with Crippen LogP contribution in [-0.2, 0) is 0 Å². The summed E-state index contributed by atoms with van der Waals surface area (Å²) in [6.07, 6.45) is 0. The molecule has 1 aliphatic rings. The molecule has 0 aromatic rings. The summed E-state index contributed by atoms with van der Waals surface area (Å²) < 4.78 is 25.5. The first-order chi connectivity index (χ1) is 4.56. The second kappa shape index (κ2) is 2.43. The van der Waals surface area contributed by atoms with Gasteiger partial charge in [0, 0.05) is 19.0 Å². The van der Waals surface area contributed by atoms with Gasteiger partial charge in [-0.2, -0.15) is 0 Å². The molecule has 10 heavy (non-hydrogen) atoms. The van der Waals surface area contributed by atoms with Gasteiger partial charge in [0.15, 0.2) is 0 Å². The minimum atomic E-state index is -2.57. The third-order valence-electron chi connectivity index (χ3n) is 1.89. The van der Waals surface area contributed by atoms with Crippen LogP contribution in [0.2, 0.25) is 0 Å². The first kappa shape index (κ1) is 7.88. The molecule has 0 radical (unpaired) electrons. The van der Waals surface area contributed by atoms with Gasteiger partial charge >= 0.3 is 0 Å². The van der Waals surface area contributed by atoms with Crippen LogP contribution in [0.5, 0.6) is 0 Å². The van der Waals surface area contributed by atoms with Crippen LogP contribution in [0.3, 0.4) is 0 Å². The molecule has 1 fully saturated rings. The summed E-state index contributed by atoms with van der Waals surface area (Å²) in [4.78, 5) is 1.61. The fraction of sp³-hybridized carbons (Fsp3) is 1.00. The van der Waals surface area contributed by atoms with E-state index in [4.69, 9.17) is 5.73 Å². The van der Waals surface area contributed by atoms with Gasteiger partial charge in [-0.3, -0.25) is 0 Å². The van der Waals surface area contributed by atoms with Gasteiger partial charge in [-0.25, -0.2) is 8.78 Å². The molecule has 1 unspecified atom stereocenters. The molecule has 0 aromatic heterocycles. The van der Waals surface area contributed by atoms with Gasteiger partial charge in [-0.05, 0) is 7.05 Å². The second-order valence-corrected chi connectivity index (χ2v) is 2.89. The smallest absolute Gasteiger partial charge is 0.265 e. The van der Waals surface area contributed by atoms with Crippen molar-refractivity contribution in [3.05, 3.63) is 0 Å². The van der Waals surface area contributed by atoms with E-state index < -0.39 is 11.8 Å². The van der Waals surface area contributed by atoms with Gasteiger partial charge in [-0.1, -0.05) is 0 Å². The summed E-state index contributed by atoms with van der Waals surface area (Å²) in [5.74, 6) is -3.21. The van der Waals surface area contributed by atoms with E-state index in [2.05, 4.69) is 0 Å². The lowest BCUT2D eigenvalue weighted by molar-refractivity contribution is -0.0226. The van der Waals surface area contributed by atoms with Crippen LogP contribution in [0, 0.1) is 5.92 Å². The van der Waals surface area contributed by atoms with E-state index in [0.717, 1.165) is 0 Å². The van der Waals surface area contributed by atoms with Crippen LogP contribution < -0.4 is 5.73 Å². The van der Waals surface area contributed by atoms with E-state index in [1.54, 1.807) is 11.9 Å². The Morgan fingerprint density at radius 3 is 2.50 bits per heavy atom. The zero-order valence-electron chi connectivity index (χ0n) is 5.98. The average molecular weight is 150 g/mol. The Balaban J connectivity index is 2.58. The molecule has 2 nitrogen and oxygen atoms in total. The number of hydrogen-bond donors (Lipinski definition) is 1. The van der Waals surface area contributed by atoms with Crippen LogP contribution in [0.4, 0.5) is 8.78 Å². The third kappa shape index (κ3) is 1.27. The van der Waals surface area contributed by atoms with Gasteiger partial charge in [0.05, 0.1) is 6.54 Å². The molecule has 1 saturated heterocycles. The number of likely N-dealkylation sites (tertiary alicyclic amines) is 1.